The normalized spacial score (nSPS) is 18.5. The number of rotatable bonds is 6. The molecule has 1 aliphatic heterocycles. The van der Waals surface area contributed by atoms with Crippen molar-refractivity contribution in [2.45, 2.75) is 30.8 Å². The molecule has 1 saturated heterocycles. The molecule has 1 heterocycles. The number of amides is 1. The molecule has 9 heteroatoms. The fourth-order valence-electron chi connectivity index (χ4n) is 3.43. The number of sulfonamides is 1. The Kier molecular flexibility index (Phi) is 6.80. The number of esters is 1. The Morgan fingerprint density at radius 1 is 1.20 bits per heavy atom. The largest absolute Gasteiger partial charge is 0.444 e. The van der Waals surface area contributed by atoms with E-state index in [2.05, 4.69) is 0 Å². The Labute approximate surface area is 180 Å². The van der Waals surface area contributed by atoms with E-state index in [1.54, 1.807) is 30.3 Å². The van der Waals surface area contributed by atoms with Gasteiger partial charge in [-0.3, -0.25) is 4.79 Å². The van der Waals surface area contributed by atoms with Crippen molar-refractivity contribution in [1.82, 2.24) is 4.31 Å². The average molecular weight is 451 g/mol. The first kappa shape index (κ1) is 22.3. The minimum atomic E-state index is -3.88. The van der Waals surface area contributed by atoms with Gasteiger partial charge in [0.05, 0.1) is 10.6 Å². The highest BCUT2D eigenvalue weighted by Gasteiger charge is 2.31. The second-order valence-corrected chi connectivity index (χ2v) is 9.67. The summed E-state index contributed by atoms with van der Waals surface area (Å²) in [6, 6.07) is 12.2. The third-order valence-corrected chi connectivity index (χ3v) is 7.34. The summed E-state index contributed by atoms with van der Waals surface area (Å²) >= 11 is 6.16. The van der Waals surface area contributed by atoms with E-state index in [-0.39, 0.29) is 21.4 Å². The summed E-state index contributed by atoms with van der Waals surface area (Å²) in [7, 11) is -3.88. The third-order valence-electron chi connectivity index (χ3n) is 4.99. The molecule has 0 aliphatic carbocycles. The molecular formula is C21H23ClN2O5S. The van der Waals surface area contributed by atoms with Crippen LogP contribution in [0.1, 0.15) is 41.8 Å². The predicted octanol–water partition coefficient (Wildman–Crippen LogP) is 3.14. The summed E-state index contributed by atoms with van der Waals surface area (Å²) in [4.78, 5) is 24.3. The van der Waals surface area contributed by atoms with Gasteiger partial charge in [-0.05, 0) is 37.0 Å². The van der Waals surface area contributed by atoms with Gasteiger partial charge in [0.15, 0.2) is 0 Å². The van der Waals surface area contributed by atoms with E-state index in [9.17, 15) is 18.0 Å². The van der Waals surface area contributed by atoms with Crippen LogP contribution in [0.4, 0.5) is 0 Å². The maximum absolute atomic E-state index is 13.1. The molecule has 1 amide bonds. The molecule has 7 nitrogen and oxygen atoms in total. The van der Waals surface area contributed by atoms with Gasteiger partial charge in [-0.25, -0.2) is 13.2 Å². The van der Waals surface area contributed by atoms with Gasteiger partial charge in [0, 0.05) is 18.7 Å². The number of carbonyl (C=O) groups excluding carboxylic acids is 2. The van der Waals surface area contributed by atoms with Gasteiger partial charge in [0.25, 0.3) is 5.91 Å². The van der Waals surface area contributed by atoms with E-state index in [4.69, 9.17) is 22.1 Å². The van der Waals surface area contributed by atoms with E-state index in [0.29, 0.717) is 18.7 Å². The smallest absolute Gasteiger partial charge is 0.339 e. The lowest BCUT2D eigenvalue weighted by Gasteiger charge is -2.30. The summed E-state index contributed by atoms with van der Waals surface area (Å²) in [5.41, 5.74) is 5.77. The van der Waals surface area contributed by atoms with Gasteiger partial charge in [0.2, 0.25) is 16.1 Å². The van der Waals surface area contributed by atoms with Gasteiger partial charge < -0.3 is 10.5 Å². The maximum atomic E-state index is 13.1. The zero-order valence-electron chi connectivity index (χ0n) is 16.5. The minimum Gasteiger partial charge on any atom is -0.444 e. The number of nitrogens with two attached hydrogens (primary N) is 1. The Morgan fingerprint density at radius 3 is 2.53 bits per heavy atom. The number of benzene rings is 2. The number of carbonyl (C=O) groups is 2. The van der Waals surface area contributed by atoms with Gasteiger partial charge in [0.1, 0.15) is 4.90 Å². The van der Waals surface area contributed by atoms with Crippen LogP contribution in [0.25, 0.3) is 0 Å². The summed E-state index contributed by atoms with van der Waals surface area (Å²) in [5.74, 6) is -1.47. The van der Waals surface area contributed by atoms with E-state index >= 15 is 0 Å². The van der Waals surface area contributed by atoms with E-state index < -0.39 is 28.0 Å². The molecule has 0 radical (unpaired) electrons. The van der Waals surface area contributed by atoms with Crippen molar-refractivity contribution in [3.8, 4) is 0 Å². The number of piperidine rings is 1. The van der Waals surface area contributed by atoms with Crippen molar-refractivity contribution in [1.29, 1.82) is 0 Å². The standard InChI is InChI=1S/C21H23ClN2O5S/c1-14-6-5-11-24(13-14)30(27,28)18-12-16(9-10-17(18)22)21(26)29-19(20(23)25)15-7-3-2-4-8-15/h2-4,7-10,12,14,19H,5-6,11,13H2,1H3,(H2,23,25). The second kappa shape index (κ2) is 9.16. The number of nitrogens with zero attached hydrogens (tertiary/aromatic N) is 1. The summed E-state index contributed by atoms with van der Waals surface area (Å²) in [6.07, 6.45) is 0.425. The van der Waals surface area contributed by atoms with Crippen LogP contribution >= 0.6 is 11.6 Å². The highest BCUT2D eigenvalue weighted by molar-refractivity contribution is 7.89. The molecule has 2 atom stereocenters. The SMILES string of the molecule is CC1CCCN(S(=O)(=O)c2cc(C(=O)OC(C(N)=O)c3ccccc3)ccc2Cl)C1. The molecule has 2 aromatic rings. The lowest BCUT2D eigenvalue weighted by molar-refractivity contribution is -0.127. The molecule has 1 fully saturated rings. The molecule has 0 saturated carbocycles. The summed E-state index contributed by atoms with van der Waals surface area (Å²) in [6.45, 7) is 2.78. The molecule has 3 rings (SSSR count). The molecule has 0 bridgehead atoms. The fraction of sp³-hybridized carbons (Fsp3) is 0.333. The molecule has 30 heavy (non-hydrogen) atoms. The van der Waals surface area contributed by atoms with Crippen molar-refractivity contribution >= 4 is 33.5 Å². The van der Waals surface area contributed by atoms with Crippen LogP contribution in [0, 0.1) is 5.92 Å². The molecule has 0 aromatic heterocycles. The molecule has 2 aromatic carbocycles. The van der Waals surface area contributed by atoms with E-state index in [1.807, 2.05) is 6.92 Å². The highest BCUT2D eigenvalue weighted by Crippen LogP contribution is 2.30. The summed E-state index contributed by atoms with van der Waals surface area (Å²) in [5, 5.41) is 0.0132. The third kappa shape index (κ3) is 4.83. The molecule has 160 valence electrons. The van der Waals surface area contributed by atoms with Gasteiger partial charge in [-0.15, -0.1) is 0 Å². The number of primary amides is 1. The quantitative estimate of drug-likeness (QED) is 0.680. The molecule has 0 spiro atoms. The Morgan fingerprint density at radius 2 is 1.90 bits per heavy atom. The Bertz CT molecular complexity index is 1040. The number of hydrogen-bond donors (Lipinski definition) is 1. The van der Waals surface area contributed by atoms with Crippen LogP contribution in [0.15, 0.2) is 53.4 Å². The van der Waals surface area contributed by atoms with Gasteiger partial charge in [-0.1, -0.05) is 48.9 Å². The first-order valence-corrected chi connectivity index (χ1v) is 11.4. The number of hydrogen-bond acceptors (Lipinski definition) is 5. The van der Waals surface area contributed by atoms with Crippen molar-refractivity contribution < 1.29 is 22.7 Å². The lowest BCUT2D eigenvalue weighted by Crippen LogP contribution is -2.39. The molecule has 2 unspecified atom stereocenters. The Hall–Kier alpha value is -2.42. The maximum Gasteiger partial charge on any atom is 0.339 e. The first-order chi connectivity index (χ1) is 14.2. The molecule has 1 aliphatic rings. The highest BCUT2D eigenvalue weighted by atomic mass is 35.5. The number of ether oxygens (including phenoxy) is 1. The minimum absolute atomic E-state index is 0.0132. The van der Waals surface area contributed by atoms with Crippen LogP contribution in [-0.4, -0.2) is 37.7 Å². The van der Waals surface area contributed by atoms with Crippen molar-refractivity contribution in [2.24, 2.45) is 11.7 Å². The lowest BCUT2D eigenvalue weighted by atomic mass is 10.0. The predicted molar refractivity (Wildman–Crippen MR) is 112 cm³/mol. The van der Waals surface area contributed by atoms with Gasteiger partial charge >= 0.3 is 5.97 Å². The van der Waals surface area contributed by atoms with Gasteiger partial charge in [-0.2, -0.15) is 4.31 Å². The summed E-state index contributed by atoms with van der Waals surface area (Å²) < 4.78 is 32.9. The van der Waals surface area contributed by atoms with Crippen molar-refractivity contribution in [2.75, 3.05) is 13.1 Å². The van der Waals surface area contributed by atoms with Crippen LogP contribution in [-0.2, 0) is 19.6 Å². The van der Waals surface area contributed by atoms with Crippen LogP contribution < -0.4 is 5.73 Å². The van der Waals surface area contributed by atoms with E-state index in [0.717, 1.165) is 12.8 Å². The molecular weight excluding hydrogens is 428 g/mol. The van der Waals surface area contributed by atoms with E-state index in [1.165, 1.54) is 22.5 Å². The van der Waals surface area contributed by atoms with Crippen LogP contribution in [0.2, 0.25) is 5.02 Å². The van der Waals surface area contributed by atoms with Crippen LogP contribution in [0.3, 0.4) is 0 Å². The van der Waals surface area contributed by atoms with Crippen molar-refractivity contribution in [3.63, 3.8) is 0 Å². The van der Waals surface area contributed by atoms with Crippen molar-refractivity contribution in [3.05, 3.63) is 64.7 Å². The monoisotopic (exact) mass is 450 g/mol. The zero-order chi connectivity index (χ0) is 21.9. The number of halogens is 1. The first-order valence-electron chi connectivity index (χ1n) is 9.55. The average Bonchev–Trinajstić information content (AvgIpc) is 2.72. The zero-order valence-corrected chi connectivity index (χ0v) is 18.0. The van der Waals surface area contributed by atoms with Crippen LogP contribution in [0.5, 0.6) is 0 Å². The second-order valence-electron chi connectivity index (χ2n) is 7.35. The fourth-order valence-corrected chi connectivity index (χ4v) is 5.52. The Balaban J connectivity index is 1.88. The topological polar surface area (TPSA) is 107 Å². The molecule has 2 N–H and O–H groups in total.